The van der Waals surface area contributed by atoms with Crippen molar-refractivity contribution < 1.29 is 9.47 Å². The van der Waals surface area contributed by atoms with Gasteiger partial charge in [0.05, 0.1) is 12.8 Å². The monoisotopic (exact) mass is 258 g/mol. The fraction of sp³-hybridized carbons (Fsp3) is 0.267. The zero-order valence-electron chi connectivity index (χ0n) is 11.4. The first kappa shape index (κ1) is 13.2. The highest BCUT2D eigenvalue weighted by Gasteiger charge is 2.09. The van der Waals surface area contributed by atoms with Crippen LogP contribution in [0.3, 0.4) is 0 Å². The van der Waals surface area contributed by atoms with Crippen molar-refractivity contribution in [2.45, 2.75) is 20.3 Å². The molecule has 4 heteroatoms. The second kappa shape index (κ2) is 5.61. The summed E-state index contributed by atoms with van der Waals surface area (Å²) in [5.74, 6) is 1.69. The van der Waals surface area contributed by atoms with Gasteiger partial charge in [0.2, 0.25) is 5.88 Å². The van der Waals surface area contributed by atoms with Gasteiger partial charge in [0.1, 0.15) is 0 Å². The van der Waals surface area contributed by atoms with Gasteiger partial charge >= 0.3 is 0 Å². The van der Waals surface area contributed by atoms with Gasteiger partial charge in [-0.1, -0.05) is 13.0 Å². The van der Waals surface area contributed by atoms with E-state index in [4.69, 9.17) is 15.2 Å². The molecule has 4 nitrogen and oxygen atoms in total. The highest BCUT2D eigenvalue weighted by Crippen LogP contribution is 2.33. The number of aryl methyl sites for hydroxylation is 2. The van der Waals surface area contributed by atoms with E-state index in [1.54, 1.807) is 13.3 Å². The van der Waals surface area contributed by atoms with Crippen LogP contribution in [0.5, 0.6) is 17.4 Å². The molecule has 0 saturated heterocycles. The lowest BCUT2D eigenvalue weighted by molar-refractivity contribution is 0.374. The van der Waals surface area contributed by atoms with Gasteiger partial charge in [-0.15, -0.1) is 0 Å². The topological polar surface area (TPSA) is 57.4 Å². The Kier molecular flexibility index (Phi) is 3.90. The number of ether oxygens (including phenoxy) is 2. The number of pyridine rings is 1. The van der Waals surface area contributed by atoms with Crippen LogP contribution in [-0.4, -0.2) is 12.1 Å². The number of hydrogen-bond acceptors (Lipinski definition) is 4. The van der Waals surface area contributed by atoms with Crippen molar-refractivity contribution in [3.63, 3.8) is 0 Å². The number of nitrogens with two attached hydrogens (primary N) is 1. The van der Waals surface area contributed by atoms with Gasteiger partial charge in [-0.2, -0.15) is 0 Å². The van der Waals surface area contributed by atoms with E-state index >= 15 is 0 Å². The summed E-state index contributed by atoms with van der Waals surface area (Å²) in [6, 6.07) is 7.66. The number of aromatic nitrogens is 1. The predicted molar refractivity (Wildman–Crippen MR) is 75.8 cm³/mol. The third-order valence-corrected chi connectivity index (χ3v) is 2.86. The van der Waals surface area contributed by atoms with Crippen LogP contribution in [0.4, 0.5) is 5.69 Å². The Labute approximate surface area is 113 Å². The number of benzene rings is 1. The second-order valence-corrected chi connectivity index (χ2v) is 4.35. The summed E-state index contributed by atoms with van der Waals surface area (Å²) in [6.45, 7) is 4.03. The molecule has 2 rings (SSSR count). The van der Waals surface area contributed by atoms with Crippen molar-refractivity contribution in [3.8, 4) is 17.4 Å². The first-order valence-electron chi connectivity index (χ1n) is 6.21. The van der Waals surface area contributed by atoms with E-state index in [0.29, 0.717) is 23.1 Å². The standard InChI is InChI=1S/C15H18N2O2/c1-4-11-5-6-13(14(8-11)18-3)19-15-12(16)7-10(2)9-17-15/h5-9H,4,16H2,1-3H3. The lowest BCUT2D eigenvalue weighted by atomic mass is 10.1. The van der Waals surface area contributed by atoms with Crippen LogP contribution in [0.1, 0.15) is 18.1 Å². The molecule has 2 aromatic rings. The summed E-state index contributed by atoms with van der Waals surface area (Å²) in [5.41, 5.74) is 8.59. The van der Waals surface area contributed by atoms with Crippen molar-refractivity contribution >= 4 is 5.69 Å². The minimum Gasteiger partial charge on any atom is -0.493 e. The summed E-state index contributed by atoms with van der Waals surface area (Å²) < 4.78 is 11.1. The van der Waals surface area contributed by atoms with Crippen molar-refractivity contribution in [1.82, 2.24) is 4.98 Å². The molecule has 0 unspecified atom stereocenters. The maximum atomic E-state index is 5.89. The molecule has 0 fully saturated rings. The third kappa shape index (κ3) is 2.96. The van der Waals surface area contributed by atoms with Gasteiger partial charge in [0, 0.05) is 6.20 Å². The minimum absolute atomic E-state index is 0.396. The summed E-state index contributed by atoms with van der Waals surface area (Å²) in [6.07, 6.45) is 2.67. The van der Waals surface area contributed by atoms with Crippen LogP contribution >= 0.6 is 0 Å². The normalized spacial score (nSPS) is 10.3. The molecule has 0 aliphatic rings. The summed E-state index contributed by atoms with van der Waals surface area (Å²) in [5, 5.41) is 0. The first-order chi connectivity index (χ1) is 9.13. The Balaban J connectivity index is 2.32. The molecule has 0 saturated carbocycles. The van der Waals surface area contributed by atoms with Gasteiger partial charge in [-0.3, -0.25) is 0 Å². The van der Waals surface area contributed by atoms with E-state index < -0.39 is 0 Å². The zero-order chi connectivity index (χ0) is 13.8. The summed E-state index contributed by atoms with van der Waals surface area (Å²) in [4.78, 5) is 4.19. The third-order valence-electron chi connectivity index (χ3n) is 2.86. The molecule has 1 aromatic carbocycles. The molecule has 1 heterocycles. The number of hydrogen-bond donors (Lipinski definition) is 1. The smallest absolute Gasteiger partial charge is 0.242 e. The number of methoxy groups -OCH3 is 1. The minimum atomic E-state index is 0.396. The van der Waals surface area contributed by atoms with Gasteiger partial charge in [-0.05, 0) is 42.7 Å². The molecule has 0 bridgehead atoms. The maximum Gasteiger partial charge on any atom is 0.242 e. The van der Waals surface area contributed by atoms with Gasteiger partial charge in [0.15, 0.2) is 11.5 Å². The average molecular weight is 258 g/mol. The molecular formula is C15H18N2O2. The summed E-state index contributed by atoms with van der Waals surface area (Å²) in [7, 11) is 1.62. The fourth-order valence-corrected chi connectivity index (χ4v) is 1.78. The van der Waals surface area contributed by atoms with E-state index in [2.05, 4.69) is 11.9 Å². The SMILES string of the molecule is CCc1ccc(Oc2ncc(C)cc2N)c(OC)c1. The first-order valence-corrected chi connectivity index (χ1v) is 6.21. The quantitative estimate of drug-likeness (QED) is 0.913. The van der Waals surface area contributed by atoms with Crippen molar-refractivity contribution in [1.29, 1.82) is 0 Å². The Morgan fingerprint density at radius 1 is 1.21 bits per heavy atom. The molecule has 100 valence electrons. The molecule has 1 aromatic heterocycles. The van der Waals surface area contributed by atoms with Gasteiger partial charge in [-0.25, -0.2) is 4.98 Å². The van der Waals surface area contributed by atoms with Gasteiger partial charge < -0.3 is 15.2 Å². The van der Waals surface area contributed by atoms with Crippen LogP contribution in [0.15, 0.2) is 30.5 Å². The number of nitrogens with zero attached hydrogens (tertiary/aromatic N) is 1. The molecule has 0 aliphatic heterocycles. The molecule has 19 heavy (non-hydrogen) atoms. The number of nitrogen functional groups attached to an aromatic ring is 1. The Morgan fingerprint density at radius 3 is 2.63 bits per heavy atom. The predicted octanol–water partition coefficient (Wildman–Crippen LogP) is 3.34. The molecule has 0 amide bonds. The highest BCUT2D eigenvalue weighted by molar-refractivity contribution is 5.53. The maximum absolute atomic E-state index is 5.89. The van der Waals surface area contributed by atoms with Crippen molar-refractivity contribution in [2.24, 2.45) is 0 Å². The van der Waals surface area contributed by atoms with Crippen LogP contribution in [0.25, 0.3) is 0 Å². The van der Waals surface area contributed by atoms with E-state index in [0.717, 1.165) is 12.0 Å². The Bertz CT molecular complexity index is 582. The van der Waals surface area contributed by atoms with Gasteiger partial charge in [0.25, 0.3) is 0 Å². The lowest BCUT2D eigenvalue weighted by Crippen LogP contribution is -1.97. The van der Waals surface area contributed by atoms with Crippen LogP contribution in [0, 0.1) is 6.92 Å². The number of anilines is 1. The van der Waals surface area contributed by atoms with E-state index in [9.17, 15) is 0 Å². The highest BCUT2D eigenvalue weighted by atomic mass is 16.5. The largest absolute Gasteiger partial charge is 0.493 e. The molecular weight excluding hydrogens is 240 g/mol. The molecule has 0 atom stereocenters. The van der Waals surface area contributed by atoms with Crippen LogP contribution < -0.4 is 15.2 Å². The van der Waals surface area contributed by atoms with E-state index in [-0.39, 0.29) is 0 Å². The Morgan fingerprint density at radius 2 is 2.00 bits per heavy atom. The zero-order valence-corrected chi connectivity index (χ0v) is 11.4. The lowest BCUT2D eigenvalue weighted by Gasteiger charge is -2.12. The molecule has 0 radical (unpaired) electrons. The summed E-state index contributed by atoms with van der Waals surface area (Å²) >= 11 is 0. The van der Waals surface area contributed by atoms with E-state index in [1.165, 1.54) is 5.56 Å². The number of rotatable bonds is 4. The second-order valence-electron chi connectivity index (χ2n) is 4.35. The molecule has 0 aliphatic carbocycles. The van der Waals surface area contributed by atoms with E-state index in [1.807, 2.05) is 31.2 Å². The van der Waals surface area contributed by atoms with Crippen molar-refractivity contribution in [3.05, 3.63) is 41.6 Å². The molecule has 0 spiro atoms. The van der Waals surface area contributed by atoms with Crippen molar-refractivity contribution in [2.75, 3.05) is 12.8 Å². The Hall–Kier alpha value is -2.23. The fourth-order valence-electron chi connectivity index (χ4n) is 1.78. The van der Waals surface area contributed by atoms with Crippen LogP contribution in [0.2, 0.25) is 0 Å². The van der Waals surface area contributed by atoms with Crippen LogP contribution in [-0.2, 0) is 6.42 Å². The average Bonchev–Trinajstić information content (AvgIpc) is 2.42. The molecule has 2 N–H and O–H groups in total.